The van der Waals surface area contributed by atoms with Crippen molar-refractivity contribution in [1.29, 1.82) is 5.26 Å². The molecule has 0 unspecified atom stereocenters. The molecule has 0 amide bonds. The zero-order valence-corrected chi connectivity index (χ0v) is 14.5. The van der Waals surface area contributed by atoms with E-state index in [4.69, 9.17) is 16.9 Å². The van der Waals surface area contributed by atoms with E-state index in [-0.39, 0.29) is 16.9 Å². The zero-order valence-electron chi connectivity index (χ0n) is 13.0. The summed E-state index contributed by atoms with van der Waals surface area (Å²) in [5, 5.41) is 10.6. The van der Waals surface area contributed by atoms with Gasteiger partial charge in [0.1, 0.15) is 0 Å². The lowest BCUT2D eigenvalue weighted by molar-refractivity contribution is 0.326. The van der Waals surface area contributed by atoms with Gasteiger partial charge in [-0.25, -0.2) is 4.98 Å². The lowest BCUT2D eigenvalue weighted by Crippen LogP contribution is -2.29. The molecule has 1 aromatic carbocycles. The summed E-state index contributed by atoms with van der Waals surface area (Å²) in [5.74, 6) is 0. The van der Waals surface area contributed by atoms with Crippen molar-refractivity contribution < 1.29 is 0 Å². The Balaban J connectivity index is 2.19. The predicted octanol–water partition coefficient (Wildman–Crippen LogP) is 4.56. The third kappa shape index (κ3) is 3.39. The minimum Gasteiger partial charge on any atom is -0.284 e. The Morgan fingerprint density at radius 3 is 2.83 bits per heavy atom. The molecular weight excluding hydrogens is 330 g/mol. The molecule has 1 fully saturated rings. The van der Waals surface area contributed by atoms with E-state index in [1.54, 1.807) is 18.2 Å². The molecule has 1 aliphatic rings. The second-order valence-corrected chi connectivity index (χ2v) is 7.66. The zero-order chi connectivity index (χ0) is 16.4. The molecule has 0 bridgehead atoms. The number of nitrogens with zero attached hydrogens (tertiary/aromatic N) is 3. The molecule has 1 saturated carbocycles. The van der Waals surface area contributed by atoms with E-state index >= 15 is 0 Å². The minimum atomic E-state index is -0.256. The lowest BCUT2D eigenvalue weighted by Gasteiger charge is -2.26. The van der Waals surface area contributed by atoms with Crippen LogP contribution >= 0.6 is 23.4 Å². The number of rotatable bonds is 3. The molecule has 4 nitrogen and oxygen atoms in total. The second kappa shape index (κ2) is 6.94. The lowest BCUT2D eigenvalue weighted by atomic mass is 9.95. The van der Waals surface area contributed by atoms with Crippen molar-refractivity contribution >= 4 is 34.3 Å². The fourth-order valence-corrected chi connectivity index (χ4v) is 4.11. The van der Waals surface area contributed by atoms with Crippen LogP contribution < -0.4 is 5.56 Å². The molecule has 0 N–H and O–H groups in total. The van der Waals surface area contributed by atoms with Gasteiger partial charge in [0.25, 0.3) is 5.56 Å². The first-order chi connectivity index (χ1) is 11.1. The van der Waals surface area contributed by atoms with Crippen molar-refractivity contribution in [3.05, 3.63) is 33.6 Å². The van der Waals surface area contributed by atoms with Gasteiger partial charge in [-0.3, -0.25) is 9.36 Å². The number of hydrogen-bond donors (Lipinski definition) is 0. The summed E-state index contributed by atoms with van der Waals surface area (Å²) >= 11 is 7.38. The maximum atomic E-state index is 13.0. The minimum absolute atomic E-state index is 0.0220. The van der Waals surface area contributed by atoms with Crippen LogP contribution in [0.1, 0.15) is 45.1 Å². The van der Waals surface area contributed by atoms with Gasteiger partial charge >= 0.3 is 0 Å². The van der Waals surface area contributed by atoms with Crippen molar-refractivity contribution in [2.75, 3.05) is 0 Å². The van der Waals surface area contributed by atoms with Crippen molar-refractivity contribution in [3.63, 3.8) is 0 Å². The molecule has 1 heterocycles. The van der Waals surface area contributed by atoms with E-state index in [1.165, 1.54) is 18.2 Å². The first-order valence-electron chi connectivity index (χ1n) is 7.88. The van der Waals surface area contributed by atoms with Crippen molar-refractivity contribution in [2.24, 2.45) is 0 Å². The summed E-state index contributed by atoms with van der Waals surface area (Å²) in [6.07, 6.45) is 5.48. The molecule has 1 aliphatic carbocycles. The van der Waals surface area contributed by atoms with Gasteiger partial charge in [0, 0.05) is 11.1 Å². The van der Waals surface area contributed by atoms with Crippen LogP contribution in [-0.4, -0.2) is 14.8 Å². The van der Waals surface area contributed by atoms with Crippen LogP contribution in [0.5, 0.6) is 0 Å². The van der Waals surface area contributed by atoms with Crippen molar-refractivity contribution in [2.45, 2.75) is 55.5 Å². The number of aromatic nitrogens is 2. The number of benzene rings is 1. The van der Waals surface area contributed by atoms with Gasteiger partial charge in [0.05, 0.1) is 22.2 Å². The normalized spacial score (nSPS) is 17.1. The largest absolute Gasteiger partial charge is 0.284 e. The molecule has 6 heteroatoms. The summed E-state index contributed by atoms with van der Waals surface area (Å²) in [4.78, 5) is 17.7. The first-order valence-corrected chi connectivity index (χ1v) is 9.14. The number of halogens is 1. The third-order valence-electron chi connectivity index (χ3n) is 4.23. The molecule has 120 valence electrons. The molecule has 0 radical (unpaired) electrons. The Kier molecular flexibility index (Phi) is 4.93. The summed E-state index contributed by atoms with van der Waals surface area (Å²) in [5.41, 5.74) is 0.577. The molecule has 0 aliphatic heterocycles. The predicted molar refractivity (Wildman–Crippen MR) is 94.1 cm³/mol. The van der Waals surface area contributed by atoms with Crippen LogP contribution in [-0.2, 0) is 0 Å². The van der Waals surface area contributed by atoms with Crippen LogP contribution in [0.3, 0.4) is 0 Å². The summed E-state index contributed by atoms with van der Waals surface area (Å²) in [7, 11) is 0. The highest BCUT2D eigenvalue weighted by molar-refractivity contribution is 8.00. The monoisotopic (exact) mass is 347 g/mol. The third-order valence-corrected chi connectivity index (χ3v) is 5.43. The maximum absolute atomic E-state index is 13.0. The first kappa shape index (κ1) is 16.4. The molecule has 1 aromatic heterocycles. The summed E-state index contributed by atoms with van der Waals surface area (Å²) in [6, 6.07) is 7.56. The van der Waals surface area contributed by atoms with Gasteiger partial charge in [0.2, 0.25) is 0 Å². The molecule has 3 rings (SSSR count). The highest BCUT2D eigenvalue weighted by atomic mass is 35.5. The van der Waals surface area contributed by atoms with Gasteiger partial charge in [-0.05, 0) is 38.0 Å². The molecule has 0 saturated heterocycles. The van der Waals surface area contributed by atoms with E-state index in [9.17, 15) is 4.79 Å². The van der Waals surface area contributed by atoms with Crippen LogP contribution in [0, 0.1) is 11.3 Å². The molecule has 2 aromatic rings. The van der Waals surface area contributed by atoms with Crippen LogP contribution in [0.2, 0.25) is 5.02 Å². The van der Waals surface area contributed by atoms with Crippen LogP contribution in [0.25, 0.3) is 10.9 Å². The van der Waals surface area contributed by atoms with Crippen LogP contribution in [0.15, 0.2) is 28.2 Å². The van der Waals surface area contributed by atoms with E-state index in [1.807, 2.05) is 11.5 Å². The molecular formula is C17H18ClN3OS. The number of fused-ring (bicyclic) bond motifs is 1. The second-order valence-electron chi connectivity index (χ2n) is 5.91. The average molecular weight is 348 g/mol. The van der Waals surface area contributed by atoms with Crippen molar-refractivity contribution in [3.8, 4) is 6.07 Å². The van der Waals surface area contributed by atoms with Gasteiger partial charge < -0.3 is 0 Å². The van der Waals surface area contributed by atoms with Crippen molar-refractivity contribution in [1.82, 2.24) is 9.55 Å². The fraction of sp³-hybridized carbons (Fsp3) is 0.471. The number of thioether (sulfide) groups is 1. The number of nitriles is 1. The van der Waals surface area contributed by atoms with Gasteiger partial charge in [-0.2, -0.15) is 5.26 Å². The van der Waals surface area contributed by atoms with Crippen LogP contribution in [0.4, 0.5) is 0 Å². The van der Waals surface area contributed by atoms with Gasteiger partial charge in [-0.15, -0.1) is 0 Å². The Hall–Kier alpha value is -1.51. The highest BCUT2D eigenvalue weighted by Gasteiger charge is 2.23. The van der Waals surface area contributed by atoms with E-state index in [2.05, 4.69) is 11.1 Å². The van der Waals surface area contributed by atoms with E-state index < -0.39 is 0 Å². The Labute approximate surface area is 144 Å². The maximum Gasteiger partial charge on any atom is 0.262 e. The summed E-state index contributed by atoms with van der Waals surface area (Å²) < 4.78 is 1.81. The van der Waals surface area contributed by atoms with Gasteiger partial charge in [0.15, 0.2) is 5.16 Å². The van der Waals surface area contributed by atoms with E-state index in [0.29, 0.717) is 21.1 Å². The molecule has 1 atom stereocenters. The quantitative estimate of drug-likeness (QED) is 0.603. The smallest absolute Gasteiger partial charge is 0.262 e. The standard InChI is InChI=1S/C17H18ClN3OS/c1-11(10-19)23-17-20-15-9-12(18)7-8-14(15)16(22)21(17)13-5-3-2-4-6-13/h7-9,11,13H,2-6H2,1H3/t11-/m0/s1. The average Bonchev–Trinajstić information content (AvgIpc) is 2.55. The highest BCUT2D eigenvalue weighted by Crippen LogP contribution is 2.32. The Morgan fingerprint density at radius 2 is 2.13 bits per heavy atom. The SMILES string of the molecule is C[C@@H](C#N)Sc1nc2cc(Cl)ccc2c(=O)n1C1CCCCC1. The Bertz CT molecular complexity index is 821. The van der Waals surface area contributed by atoms with Gasteiger partial charge in [-0.1, -0.05) is 42.6 Å². The summed E-state index contributed by atoms with van der Waals surface area (Å²) in [6.45, 7) is 1.82. The topological polar surface area (TPSA) is 58.7 Å². The van der Waals surface area contributed by atoms with E-state index in [0.717, 1.165) is 25.7 Å². The Morgan fingerprint density at radius 1 is 1.39 bits per heavy atom. The molecule has 0 spiro atoms. The number of hydrogen-bond acceptors (Lipinski definition) is 4. The fourth-order valence-electron chi connectivity index (χ4n) is 3.08. The molecule has 23 heavy (non-hydrogen) atoms.